The van der Waals surface area contributed by atoms with Gasteiger partial charge in [0.25, 0.3) is 0 Å². The summed E-state index contributed by atoms with van der Waals surface area (Å²) in [7, 11) is 0. The number of nitrogens with zero attached hydrogens (tertiary/aromatic N) is 3. The highest BCUT2D eigenvalue weighted by Gasteiger charge is 2.22. The lowest BCUT2D eigenvalue weighted by Gasteiger charge is -2.10. The zero-order valence-corrected chi connectivity index (χ0v) is 15.4. The summed E-state index contributed by atoms with van der Waals surface area (Å²) in [6.45, 7) is 1.98. The molecule has 0 fully saturated rings. The maximum atomic E-state index is 13.4. The highest BCUT2D eigenvalue weighted by atomic mass is 35.5. The fraction of sp³-hybridized carbons (Fsp3) is 0.263. The molecular formula is C19H18ClFN4O2. The van der Waals surface area contributed by atoms with Crippen LogP contribution in [0.5, 0.6) is 0 Å². The molecule has 1 aromatic heterocycles. The molecule has 0 saturated heterocycles. The number of benzene rings is 1. The van der Waals surface area contributed by atoms with Crippen molar-refractivity contribution < 1.29 is 14.4 Å². The number of hydrogen-bond acceptors (Lipinski definition) is 5. The molecule has 0 bridgehead atoms. The average molecular weight is 389 g/mol. The Labute approximate surface area is 160 Å². The minimum absolute atomic E-state index is 0.0216. The van der Waals surface area contributed by atoms with E-state index in [2.05, 4.69) is 20.4 Å². The summed E-state index contributed by atoms with van der Waals surface area (Å²) in [6.07, 6.45) is 3.08. The summed E-state index contributed by atoms with van der Waals surface area (Å²) in [5.74, 6) is 0.00566. The van der Waals surface area contributed by atoms with Gasteiger partial charge in [-0.3, -0.25) is 4.79 Å². The Morgan fingerprint density at radius 1 is 1.41 bits per heavy atom. The van der Waals surface area contributed by atoms with Crippen molar-refractivity contribution in [3.63, 3.8) is 0 Å². The number of pyridine rings is 1. The molecule has 0 spiro atoms. The van der Waals surface area contributed by atoms with Gasteiger partial charge in [-0.25, -0.2) is 14.4 Å². The van der Waals surface area contributed by atoms with Gasteiger partial charge in [0.2, 0.25) is 5.91 Å². The Balaban J connectivity index is 1.78. The summed E-state index contributed by atoms with van der Waals surface area (Å²) in [4.78, 5) is 19.8. The summed E-state index contributed by atoms with van der Waals surface area (Å²) < 4.78 is 13.4. The number of aromatic nitrogens is 1. The number of fused-ring (bicyclic) bond motifs is 1. The van der Waals surface area contributed by atoms with Gasteiger partial charge in [-0.05, 0) is 23.8 Å². The Kier molecular flexibility index (Phi) is 5.81. The predicted molar refractivity (Wildman–Crippen MR) is 102 cm³/mol. The molecule has 1 amide bonds. The van der Waals surface area contributed by atoms with Gasteiger partial charge in [-0.1, -0.05) is 22.8 Å². The van der Waals surface area contributed by atoms with Crippen molar-refractivity contribution in [2.45, 2.75) is 26.2 Å². The second kappa shape index (κ2) is 8.26. The van der Waals surface area contributed by atoms with Crippen LogP contribution in [0.15, 0.2) is 40.6 Å². The monoisotopic (exact) mass is 388 g/mol. The molecule has 1 aliphatic heterocycles. The lowest BCUT2D eigenvalue weighted by molar-refractivity contribution is -0.118. The van der Waals surface area contributed by atoms with Crippen molar-refractivity contribution in [2.75, 3.05) is 6.54 Å². The molecule has 0 radical (unpaired) electrons. The van der Waals surface area contributed by atoms with Crippen LogP contribution in [-0.4, -0.2) is 34.1 Å². The minimum atomic E-state index is -0.495. The molecule has 27 heavy (non-hydrogen) atoms. The van der Waals surface area contributed by atoms with E-state index in [-0.39, 0.29) is 17.4 Å². The van der Waals surface area contributed by atoms with E-state index in [1.807, 2.05) is 0 Å². The molecule has 0 aliphatic carbocycles. The molecule has 0 saturated carbocycles. The second-order valence-electron chi connectivity index (χ2n) is 6.22. The largest absolute Gasteiger partial charge is 0.411 e. The smallest absolute Gasteiger partial charge is 0.216 e. The van der Waals surface area contributed by atoms with Gasteiger partial charge >= 0.3 is 0 Å². The third-order valence-corrected chi connectivity index (χ3v) is 4.54. The van der Waals surface area contributed by atoms with Crippen molar-refractivity contribution >= 4 is 34.7 Å². The van der Waals surface area contributed by atoms with Crippen molar-refractivity contribution in [1.82, 2.24) is 10.3 Å². The number of carbonyl (C=O) groups is 1. The molecule has 8 heteroatoms. The molecule has 2 aromatic rings. The predicted octanol–water partition coefficient (Wildman–Crippen LogP) is 3.45. The fourth-order valence-corrected chi connectivity index (χ4v) is 3.17. The summed E-state index contributed by atoms with van der Waals surface area (Å²) >= 11 is 5.83. The van der Waals surface area contributed by atoms with Gasteiger partial charge in [0, 0.05) is 55.8 Å². The van der Waals surface area contributed by atoms with Gasteiger partial charge in [0.05, 0.1) is 10.7 Å². The summed E-state index contributed by atoms with van der Waals surface area (Å²) in [6, 6.07) is 6.17. The van der Waals surface area contributed by atoms with Gasteiger partial charge < -0.3 is 10.5 Å². The SMILES string of the molecule is CC(=O)NCCC1=Nc2nccc(/C(Cc3ccc(F)c(Cl)c3)=N/O)c2C1. The van der Waals surface area contributed by atoms with E-state index in [0.717, 1.165) is 22.4 Å². The van der Waals surface area contributed by atoms with Crippen LogP contribution in [0.1, 0.15) is 30.0 Å². The van der Waals surface area contributed by atoms with Crippen LogP contribution in [0.2, 0.25) is 5.02 Å². The van der Waals surface area contributed by atoms with Crippen molar-refractivity contribution in [1.29, 1.82) is 0 Å². The van der Waals surface area contributed by atoms with Crippen LogP contribution in [0.3, 0.4) is 0 Å². The number of halogens is 2. The summed E-state index contributed by atoms with van der Waals surface area (Å²) in [5, 5.41) is 15.7. The highest BCUT2D eigenvalue weighted by molar-refractivity contribution is 6.30. The number of rotatable bonds is 6. The first-order chi connectivity index (χ1) is 13.0. The van der Waals surface area contributed by atoms with Gasteiger partial charge in [0.1, 0.15) is 5.82 Å². The number of carbonyl (C=O) groups excluding carboxylic acids is 1. The molecular weight excluding hydrogens is 371 g/mol. The van der Waals surface area contributed by atoms with Gasteiger partial charge in [-0.2, -0.15) is 0 Å². The van der Waals surface area contributed by atoms with Crippen molar-refractivity contribution in [3.8, 4) is 0 Å². The first-order valence-corrected chi connectivity index (χ1v) is 8.79. The molecule has 140 valence electrons. The maximum Gasteiger partial charge on any atom is 0.216 e. The van der Waals surface area contributed by atoms with Crippen LogP contribution in [0, 0.1) is 5.82 Å². The Hall–Kier alpha value is -2.80. The standard InChI is InChI=1S/C19H18ClFN4O2/c1-11(26)22-6-4-13-10-15-14(5-7-23-19(15)24-13)18(25-27)9-12-2-3-17(21)16(20)8-12/h2-3,5,7-8,27H,4,6,9-10H2,1H3,(H,22,26)/b25-18+. The molecule has 0 atom stereocenters. The number of amides is 1. The minimum Gasteiger partial charge on any atom is -0.411 e. The number of oxime groups is 1. The quantitative estimate of drug-likeness (QED) is 0.451. The van der Waals surface area contributed by atoms with E-state index in [1.54, 1.807) is 18.3 Å². The van der Waals surface area contributed by atoms with Crippen molar-refractivity contribution in [3.05, 3.63) is 58.0 Å². The van der Waals surface area contributed by atoms with Gasteiger partial charge in [0.15, 0.2) is 5.82 Å². The van der Waals surface area contributed by atoms with Crippen LogP contribution in [0.25, 0.3) is 0 Å². The molecule has 3 rings (SSSR count). The second-order valence-corrected chi connectivity index (χ2v) is 6.63. The van der Waals surface area contributed by atoms with E-state index < -0.39 is 5.82 Å². The maximum absolute atomic E-state index is 13.4. The van der Waals surface area contributed by atoms with Crippen LogP contribution in [-0.2, 0) is 17.6 Å². The molecule has 1 aliphatic rings. The third-order valence-electron chi connectivity index (χ3n) is 4.25. The van der Waals surface area contributed by atoms with Crippen LogP contribution >= 0.6 is 11.6 Å². The van der Waals surface area contributed by atoms with E-state index in [0.29, 0.717) is 30.9 Å². The third kappa shape index (κ3) is 4.49. The molecule has 2 heterocycles. The molecule has 2 N–H and O–H groups in total. The van der Waals surface area contributed by atoms with Crippen molar-refractivity contribution in [2.24, 2.45) is 10.1 Å². The first kappa shape index (κ1) is 19.0. The zero-order valence-electron chi connectivity index (χ0n) is 14.7. The molecule has 0 unspecified atom stereocenters. The van der Waals surface area contributed by atoms with Crippen LogP contribution in [0.4, 0.5) is 10.2 Å². The Bertz CT molecular complexity index is 943. The lowest BCUT2D eigenvalue weighted by atomic mass is 9.96. The molecule has 6 nitrogen and oxygen atoms in total. The van der Waals surface area contributed by atoms with E-state index >= 15 is 0 Å². The zero-order chi connectivity index (χ0) is 19.4. The fourth-order valence-electron chi connectivity index (χ4n) is 2.97. The number of hydrogen-bond donors (Lipinski definition) is 2. The summed E-state index contributed by atoms with van der Waals surface area (Å²) in [5.41, 5.74) is 3.66. The van der Waals surface area contributed by atoms with E-state index in [4.69, 9.17) is 11.6 Å². The molecule has 1 aromatic carbocycles. The Morgan fingerprint density at radius 3 is 2.93 bits per heavy atom. The van der Waals surface area contributed by atoms with E-state index in [1.165, 1.54) is 19.1 Å². The Morgan fingerprint density at radius 2 is 2.22 bits per heavy atom. The topological polar surface area (TPSA) is 86.9 Å². The number of aliphatic imine (C=N–C) groups is 1. The van der Waals surface area contributed by atoms with Gasteiger partial charge in [-0.15, -0.1) is 0 Å². The average Bonchev–Trinajstić information content (AvgIpc) is 3.05. The number of nitrogens with one attached hydrogen (secondary N) is 1. The first-order valence-electron chi connectivity index (χ1n) is 8.42. The van der Waals surface area contributed by atoms with Crippen LogP contribution < -0.4 is 5.32 Å². The highest BCUT2D eigenvalue weighted by Crippen LogP contribution is 2.29. The lowest BCUT2D eigenvalue weighted by Crippen LogP contribution is -2.23. The normalized spacial score (nSPS) is 13.3. The van der Waals surface area contributed by atoms with E-state index in [9.17, 15) is 14.4 Å².